The molecule has 0 spiro atoms. The van der Waals surface area contributed by atoms with Crippen LogP contribution in [-0.2, 0) is 11.2 Å². The number of aromatic nitrogens is 1. The van der Waals surface area contributed by atoms with Crippen molar-refractivity contribution in [2.75, 3.05) is 7.11 Å². The van der Waals surface area contributed by atoms with E-state index in [1.54, 1.807) is 0 Å². The van der Waals surface area contributed by atoms with Gasteiger partial charge in [0.15, 0.2) is 0 Å². The van der Waals surface area contributed by atoms with Crippen molar-refractivity contribution in [1.29, 1.82) is 0 Å². The number of thiazole rings is 1. The highest BCUT2D eigenvalue weighted by Gasteiger charge is 2.17. The Hall–Kier alpha value is -1.75. The topological polar surface area (TPSA) is 39.2 Å². The van der Waals surface area contributed by atoms with Crippen molar-refractivity contribution in [2.24, 2.45) is 0 Å². The van der Waals surface area contributed by atoms with Crippen LogP contribution in [0.15, 0.2) is 30.3 Å². The van der Waals surface area contributed by atoms with Crippen LogP contribution in [0.1, 0.15) is 20.2 Å². The molecule has 0 fully saturated rings. The fourth-order valence-corrected chi connectivity index (χ4v) is 2.29. The van der Waals surface area contributed by atoms with Crippen LogP contribution in [0, 0.1) is 5.95 Å². The normalized spacial score (nSPS) is 10.2. The zero-order chi connectivity index (χ0) is 12.3. The fourth-order valence-electron chi connectivity index (χ4n) is 1.40. The van der Waals surface area contributed by atoms with E-state index in [0.29, 0.717) is 11.3 Å². The first-order chi connectivity index (χ1) is 8.20. The van der Waals surface area contributed by atoms with Gasteiger partial charge in [-0.2, -0.15) is 4.39 Å². The standard InChI is InChI=1S/C12H10FNO2S/c1-16-12(15)11-14-10(13)9(17-11)7-8-5-3-2-4-6-8/h2-6H,7H2,1H3. The van der Waals surface area contributed by atoms with Gasteiger partial charge >= 0.3 is 5.97 Å². The summed E-state index contributed by atoms with van der Waals surface area (Å²) < 4.78 is 18.0. The van der Waals surface area contributed by atoms with Crippen LogP contribution in [0.25, 0.3) is 0 Å². The number of carbonyl (C=O) groups is 1. The molecular weight excluding hydrogens is 241 g/mol. The van der Waals surface area contributed by atoms with Crippen LogP contribution in [0.2, 0.25) is 0 Å². The van der Waals surface area contributed by atoms with Gasteiger partial charge < -0.3 is 4.74 Å². The number of carbonyl (C=O) groups excluding carboxylic acids is 1. The average Bonchev–Trinajstić information content (AvgIpc) is 2.71. The van der Waals surface area contributed by atoms with Gasteiger partial charge in [0.2, 0.25) is 11.0 Å². The summed E-state index contributed by atoms with van der Waals surface area (Å²) in [4.78, 5) is 15.2. The van der Waals surface area contributed by atoms with E-state index in [4.69, 9.17) is 0 Å². The quantitative estimate of drug-likeness (QED) is 0.787. The molecule has 0 atom stereocenters. The molecule has 1 aromatic heterocycles. The molecule has 2 rings (SSSR count). The molecule has 88 valence electrons. The molecule has 0 saturated carbocycles. The summed E-state index contributed by atoms with van der Waals surface area (Å²) in [6.45, 7) is 0. The lowest BCUT2D eigenvalue weighted by atomic mass is 10.1. The molecule has 5 heteroatoms. The van der Waals surface area contributed by atoms with E-state index in [-0.39, 0.29) is 5.01 Å². The maximum absolute atomic E-state index is 13.5. The number of esters is 1. The van der Waals surface area contributed by atoms with E-state index in [9.17, 15) is 9.18 Å². The Morgan fingerprint density at radius 3 is 2.76 bits per heavy atom. The van der Waals surface area contributed by atoms with Gasteiger partial charge in [-0.25, -0.2) is 9.78 Å². The van der Waals surface area contributed by atoms with Crippen molar-refractivity contribution < 1.29 is 13.9 Å². The number of hydrogen-bond acceptors (Lipinski definition) is 4. The van der Waals surface area contributed by atoms with Crippen molar-refractivity contribution in [3.63, 3.8) is 0 Å². The number of hydrogen-bond donors (Lipinski definition) is 0. The Labute approximate surface area is 102 Å². The molecule has 0 unspecified atom stereocenters. The first kappa shape index (κ1) is 11.7. The van der Waals surface area contributed by atoms with Crippen molar-refractivity contribution in [1.82, 2.24) is 4.98 Å². The van der Waals surface area contributed by atoms with Gasteiger partial charge in [0, 0.05) is 6.42 Å². The molecule has 3 nitrogen and oxygen atoms in total. The van der Waals surface area contributed by atoms with E-state index >= 15 is 0 Å². The monoisotopic (exact) mass is 251 g/mol. The third-order valence-electron chi connectivity index (χ3n) is 2.22. The van der Waals surface area contributed by atoms with Crippen molar-refractivity contribution in [2.45, 2.75) is 6.42 Å². The number of halogens is 1. The van der Waals surface area contributed by atoms with Crippen molar-refractivity contribution >= 4 is 17.3 Å². The van der Waals surface area contributed by atoms with Crippen LogP contribution in [0.5, 0.6) is 0 Å². The highest BCUT2D eigenvalue weighted by atomic mass is 32.1. The molecule has 1 aromatic carbocycles. The van der Waals surface area contributed by atoms with Crippen LogP contribution in [0.4, 0.5) is 4.39 Å². The highest BCUT2D eigenvalue weighted by molar-refractivity contribution is 7.13. The number of nitrogens with zero attached hydrogens (tertiary/aromatic N) is 1. The smallest absolute Gasteiger partial charge is 0.367 e. The summed E-state index contributed by atoms with van der Waals surface area (Å²) in [5.74, 6) is -1.20. The molecular formula is C12H10FNO2S. The average molecular weight is 251 g/mol. The third-order valence-corrected chi connectivity index (χ3v) is 3.23. The number of rotatable bonds is 3. The number of ether oxygens (including phenoxy) is 1. The van der Waals surface area contributed by atoms with Crippen LogP contribution >= 0.6 is 11.3 Å². The highest BCUT2D eigenvalue weighted by Crippen LogP contribution is 2.21. The van der Waals surface area contributed by atoms with Crippen LogP contribution in [-0.4, -0.2) is 18.1 Å². The van der Waals surface area contributed by atoms with Gasteiger partial charge in [-0.15, -0.1) is 11.3 Å². The lowest BCUT2D eigenvalue weighted by molar-refractivity contribution is 0.0599. The predicted molar refractivity (Wildman–Crippen MR) is 62.7 cm³/mol. The van der Waals surface area contributed by atoms with E-state index in [1.807, 2.05) is 30.3 Å². The maximum atomic E-state index is 13.5. The first-order valence-electron chi connectivity index (χ1n) is 4.98. The molecule has 0 aliphatic heterocycles. The molecule has 2 aromatic rings. The van der Waals surface area contributed by atoms with E-state index in [2.05, 4.69) is 9.72 Å². The second kappa shape index (κ2) is 5.05. The van der Waals surface area contributed by atoms with Gasteiger partial charge in [-0.05, 0) is 5.56 Å². The molecule has 17 heavy (non-hydrogen) atoms. The molecule has 0 aliphatic rings. The van der Waals surface area contributed by atoms with Gasteiger partial charge in [-0.3, -0.25) is 0 Å². The molecule has 0 radical (unpaired) electrons. The fraction of sp³-hybridized carbons (Fsp3) is 0.167. The van der Waals surface area contributed by atoms with Crippen LogP contribution in [0.3, 0.4) is 0 Å². The third kappa shape index (κ3) is 2.68. The second-order valence-corrected chi connectivity index (χ2v) is 4.47. The Morgan fingerprint density at radius 1 is 1.41 bits per heavy atom. The SMILES string of the molecule is COC(=O)c1nc(F)c(Cc2ccccc2)s1. The summed E-state index contributed by atoms with van der Waals surface area (Å²) in [5, 5.41) is 0.0518. The summed E-state index contributed by atoms with van der Waals surface area (Å²) in [5.41, 5.74) is 0.978. The molecule has 0 N–H and O–H groups in total. The second-order valence-electron chi connectivity index (χ2n) is 3.39. The van der Waals surface area contributed by atoms with E-state index < -0.39 is 11.9 Å². The summed E-state index contributed by atoms with van der Waals surface area (Å²) in [6.07, 6.45) is 0.432. The van der Waals surface area contributed by atoms with Gasteiger partial charge in [-0.1, -0.05) is 30.3 Å². The van der Waals surface area contributed by atoms with Crippen molar-refractivity contribution in [3.05, 3.63) is 51.7 Å². The molecule has 0 aliphatic carbocycles. The zero-order valence-electron chi connectivity index (χ0n) is 9.14. The van der Waals surface area contributed by atoms with E-state index in [0.717, 1.165) is 16.9 Å². The number of methoxy groups -OCH3 is 1. The van der Waals surface area contributed by atoms with Crippen molar-refractivity contribution in [3.8, 4) is 0 Å². The van der Waals surface area contributed by atoms with Gasteiger partial charge in [0.25, 0.3) is 0 Å². The van der Waals surface area contributed by atoms with E-state index in [1.165, 1.54) is 7.11 Å². The van der Waals surface area contributed by atoms with Crippen LogP contribution < -0.4 is 0 Å². The Bertz CT molecular complexity index is 525. The van der Waals surface area contributed by atoms with Gasteiger partial charge in [0.05, 0.1) is 12.0 Å². The Morgan fingerprint density at radius 2 is 2.12 bits per heavy atom. The predicted octanol–water partition coefficient (Wildman–Crippen LogP) is 2.66. The Kier molecular flexibility index (Phi) is 3.49. The largest absolute Gasteiger partial charge is 0.464 e. The number of benzene rings is 1. The summed E-state index contributed by atoms with van der Waals surface area (Å²) in [6, 6.07) is 9.46. The molecule has 1 heterocycles. The Balaban J connectivity index is 2.22. The molecule has 0 saturated heterocycles. The van der Waals surface area contributed by atoms with Gasteiger partial charge in [0.1, 0.15) is 0 Å². The first-order valence-corrected chi connectivity index (χ1v) is 5.80. The summed E-state index contributed by atoms with van der Waals surface area (Å²) >= 11 is 1.03. The zero-order valence-corrected chi connectivity index (χ0v) is 9.96. The minimum atomic E-state index is -0.604. The molecule has 0 amide bonds. The lowest BCUT2D eigenvalue weighted by Crippen LogP contribution is -1.99. The summed E-state index contributed by atoms with van der Waals surface area (Å²) in [7, 11) is 1.25. The minimum absolute atomic E-state index is 0.0518. The molecule has 0 bridgehead atoms. The minimum Gasteiger partial charge on any atom is -0.464 e. The lowest BCUT2D eigenvalue weighted by Gasteiger charge is -1.96. The maximum Gasteiger partial charge on any atom is 0.367 e.